The number of ether oxygens (including phenoxy) is 3. The molecule has 0 spiro atoms. The van der Waals surface area contributed by atoms with E-state index in [0.29, 0.717) is 29.2 Å². The van der Waals surface area contributed by atoms with Crippen molar-refractivity contribution in [3.63, 3.8) is 0 Å². The Bertz CT molecular complexity index is 497. The molecule has 0 saturated carbocycles. The number of amides is 1. The van der Waals surface area contributed by atoms with Gasteiger partial charge in [0.15, 0.2) is 11.5 Å². The molecule has 0 aliphatic rings. The molecule has 21 heavy (non-hydrogen) atoms. The zero-order valence-corrected chi connectivity index (χ0v) is 13.1. The molecule has 6 nitrogen and oxygen atoms in total. The summed E-state index contributed by atoms with van der Waals surface area (Å²) in [7, 11) is 4.48. The predicted octanol–water partition coefficient (Wildman–Crippen LogP) is 1.60. The molecule has 0 bridgehead atoms. The van der Waals surface area contributed by atoms with Gasteiger partial charge in [-0.25, -0.2) is 0 Å². The Balaban J connectivity index is 3.19. The minimum atomic E-state index is -0.685. The van der Waals surface area contributed by atoms with Gasteiger partial charge in [0, 0.05) is 12.1 Å². The smallest absolute Gasteiger partial charge is 0.255 e. The number of benzene rings is 1. The lowest BCUT2D eigenvalue weighted by Crippen LogP contribution is -2.48. The van der Waals surface area contributed by atoms with Gasteiger partial charge in [-0.3, -0.25) is 4.79 Å². The molecular weight excluding hydrogens is 274 g/mol. The first-order valence-corrected chi connectivity index (χ1v) is 6.68. The number of carbonyl (C=O) groups is 1. The highest BCUT2D eigenvalue weighted by Crippen LogP contribution is 2.34. The molecule has 0 aliphatic carbocycles. The molecule has 0 fully saturated rings. The Labute approximate surface area is 125 Å². The van der Waals surface area contributed by atoms with Gasteiger partial charge < -0.3 is 24.6 Å². The van der Waals surface area contributed by atoms with E-state index >= 15 is 0 Å². The highest BCUT2D eigenvalue weighted by molar-refractivity contribution is 5.98. The van der Waals surface area contributed by atoms with Gasteiger partial charge in [-0.2, -0.15) is 0 Å². The van der Waals surface area contributed by atoms with Gasteiger partial charge in [-0.05, 0) is 13.3 Å². The molecular formula is C15H23NO5. The van der Waals surface area contributed by atoms with Crippen LogP contribution in [0, 0.1) is 0 Å². The monoisotopic (exact) mass is 297 g/mol. The molecule has 0 heterocycles. The third kappa shape index (κ3) is 3.78. The summed E-state index contributed by atoms with van der Waals surface area (Å²) in [5, 5.41) is 12.2. The lowest BCUT2D eigenvalue weighted by molar-refractivity contribution is 0.0844. The van der Waals surface area contributed by atoms with Crippen molar-refractivity contribution in [3.8, 4) is 17.2 Å². The maximum atomic E-state index is 12.4. The molecule has 0 aromatic heterocycles. The summed E-state index contributed by atoms with van der Waals surface area (Å²) in [5.74, 6) is 0.949. The van der Waals surface area contributed by atoms with Crippen LogP contribution in [0.15, 0.2) is 12.1 Å². The van der Waals surface area contributed by atoms with Gasteiger partial charge >= 0.3 is 0 Å². The van der Waals surface area contributed by atoms with Crippen LogP contribution in [0.4, 0.5) is 0 Å². The van der Waals surface area contributed by atoms with Crippen LogP contribution in [0.3, 0.4) is 0 Å². The molecule has 1 amide bonds. The van der Waals surface area contributed by atoms with Crippen molar-refractivity contribution in [2.24, 2.45) is 0 Å². The largest absolute Gasteiger partial charge is 0.496 e. The molecule has 0 aliphatic heterocycles. The third-order valence-corrected chi connectivity index (χ3v) is 3.49. The van der Waals surface area contributed by atoms with Crippen molar-refractivity contribution >= 4 is 5.91 Å². The first-order chi connectivity index (χ1) is 9.94. The van der Waals surface area contributed by atoms with Gasteiger partial charge in [-0.1, -0.05) is 6.92 Å². The normalized spacial score (nSPS) is 13.2. The third-order valence-electron chi connectivity index (χ3n) is 3.49. The number of aliphatic hydroxyl groups is 1. The molecule has 1 rings (SSSR count). The average Bonchev–Trinajstić information content (AvgIpc) is 2.52. The molecule has 118 valence electrons. The second-order valence-corrected chi connectivity index (χ2v) is 4.93. The van der Waals surface area contributed by atoms with E-state index in [2.05, 4.69) is 5.32 Å². The predicted molar refractivity (Wildman–Crippen MR) is 79.3 cm³/mol. The second-order valence-electron chi connectivity index (χ2n) is 4.93. The summed E-state index contributed by atoms with van der Waals surface area (Å²) in [6, 6.07) is 3.15. The SMILES string of the molecule is CCC(C)(CO)NC(=O)c1cc(OC)c(OC)cc1OC. The fraction of sp³-hybridized carbons (Fsp3) is 0.533. The fourth-order valence-electron chi connectivity index (χ4n) is 1.79. The highest BCUT2D eigenvalue weighted by atomic mass is 16.5. The second kappa shape index (κ2) is 7.17. The van der Waals surface area contributed by atoms with Crippen LogP contribution in [0.1, 0.15) is 30.6 Å². The number of nitrogens with one attached hydrogen (secondary N) is 1. The zero-order valence-electron chi connectivity index (χ0n) is 13.1. The van der Waals surface area contributed by atoms with E-state index in [1.807, 2.05) is 6.92 Å². The van der Waals surface area contributed by atoms with Crippen LogP contribution in [0.25, 0.3) is 0 Å². The van der Waals surface area contributed by atoms with Gasteiger partial charge in [-0.15, -0.1) is 0 Å². The van der Waals surface area contributed by atoms with Crippen molar-refractivity contribution in [2.75, 3.05) is 27.9 Å². The van der Waals surface area contributed by atoms with Crippen LogP contribution in [-0.4, -0.2) is 44.5 Å². The van der Waals surface area contributed by atoms with Crippen LogP contribution >= 0.6 is 0 Å². The molecule has 1 aromatic carbocycles. The fourth-order valence-corrected chi connectivity index (χ4v) is 1.79. The van der Waals surface area contributed by atoms with Gasteiger partial charge in [0.2, 0.25) is 0 Å². The van der Waals surface area contributed by atoms with Crippen molar-refractivity contribution in [2.45, 2.75) is 25.8 Å². The number of hydrogen-bond acceptors (Lipinski definition) is 5. The number of aliphatic hydroxyl groups excluding tert-OH is 1. The quantitative estimate of drug-likeness (QED) is 0.799. The maximum Gasteiger partial charge on any atom is 0.255 e. The van der Waals surface area contributed by atoms with E-state index in [1.165, 1.54) is 21.3 Å². The highest BCUT2D eigenvalue weighted by Gasteiger charge is 2.26. The lowest BCUT2D eigenvalue weighted by Gasteiger charge is -2.27. The zero-order chi connectivity index (χ0) is 16.0. The number of methoxy groups -OCH3 is 3. The van der Waals surface area contributed by atoms with Gasteiger partial charge in [0.25, 0.3) is 5.91 Å². The summed E-state index contributed by atoms with van der Waals surface area (Å²) in [6.07, 6.45) is 0.602. The van der Waals surface area contributed by atoms with E-state index in [1.54, 1.807) is 19.1 Å². The van der Waals surface area contributed by atoms with E-state index < -0.39 is 5.54 Å². The van der Waals surface area contributed by atoms with E-state index in [9.17, 15) is 9.90 Å². The summed E-state index contributed by atoms with van der Waals surface area (Å²) in [6.45, 7) is 3.52. The average molecular weight is 297 g/mol. The first kappa shape index (κ1) is 17.1. The topological polar surface area (TPSA) is 77.0 Å². The molecule has 1 atom stereocenters. The van der Waals surface area contributed by atoms with E-state index in [-0.39, 0.29) is 12.5 Å². The Morgan fingerprint density at radius 2 is 1.67 bits per heavy atom. The summed E-state index contributed by atoms with van der Waals surface area (Å²) >= 11 is 0. The van der Waals surface area contributed by atoms with Crippen molar-refractivity contribution in [1.29, 1.82) is 0 Å². The minimum absolute atomic E-state index is 0.148. The number of hydrogen-bond donors (Lipinski definition) is 2. The molecule has 1 aromatic rings. The van der Waals surface area contributed by atoms with Crippen LogP contribution < -0.4 is 19.5 Å². The van der Waals surface area contributed by atoms with Crippen molar-refractivity contribution in [1.82, 2.24) is 5.32 Å². The molecule has 0 radical (unpaired) electrons. The minimum Gasteiger partial charge on any atom is -0.496 e. The first-order valence-electron chi connectivity index (χ1n) is 6.68. The Morgan fingerprint density at radius 3 is 2.10 bits per heavy atom. The Hall–Kier alpha value is -1.95. The molecule has 1 unspecified atom stereocenters. The summed E-state index contributed by atoms with van der Waals surface area (Å²) in [4.78, 5) is 12.4. The lowest BCUT2D eigenvalue weighted by atomic mass is 9.99. The van der Waals surface area contributed by atoms with Crippen LogP contribution in [-0.2, 0) is 0 Å². The van der Waals surface area contributed by atoms with Gasteiger partial charge in [0.1, 0.15) is 5.75 Å². The molecule has 0 saturated heterocycles. The summed E-state index contributed by atoms with van der Waals surface area (Å²) < 4.78 is 15.6. The standard InChI is InChI=1S/C15H23NO5/c1-6-15(2,9-17)16-14(18)10-7-12(20-4)13(21-5)8-11(10)19-3/h7-8,17H,6,9H2,1-5H3,(H,16,18). The Kier molecular flexibility index (Phi) is 5.84. The molecule has 6 heteroatoms. The van der Waals surface area contributed by atoms with Crippen molar-refractivity contribution in [3.05, 3.63) is 17.7 Å². The van der Waals surface area contributed by atoms with Crippen LogP contribution in [0.2, 0.25) is 0 Å². The maximum absolute atomic E-state index is 12.4. The molecule has 2 N–H and O–H groups in total. The number of rotatable bonds is 7. The number of carbonyl (C=O) groups excluding carboxylic acids is 1. The summed E-state index contributed by atoms with van der Waals surface area (Å²) in [5.41, 5.74) is -0.363. The van der Waals surface area contributed by atoms with E-state index in [0.717, 1.165) is 0 Å². The van der Waals surface area contributed by atoms with Crippen molar-refractivity contribution < 1.29 is 24.1 Å². The van der Waals surface area contributed by atoms with E-state index in [4.69, 9.17) is 14.2 Å². The van der Waals surface area contributed by atoms with Crippen LogP contribution in [0.5, 0.6) is 17.2 Å². The Morgan fingerprint density at radius 1 is 1.14 bits per heavy atom. The van der Waals surface area contributed by atoms with Gasteiger partial charge in [0.05, 0.1) is 39.0 Å².